The van der Waals surface area contributed by atoms with Gasteiger partial charge in [-0.1, -0.05) is 12.1 Å². The molecule has 0 spiro atoms. The molecular weight excluding hydrogens is 236 g/mol. The van der Waals surface area contributed by atoms with Gasteiger partial charge in [0, 0.05) is 0 Å². The largest absolute Gasteiger partial charge is 0.490 e. The van der Waals surface area contributed by atoms with Gasteiger partial charge in [-0.2, -0.15) is 0 Å². The summed E-state index contributed by atoms with van der Waals surface area (Å²) >= 11 is 0. The molecule has 1 aromatic carbocycles. The van der Waals surface area contributed by atoms with Crippen molar-refractivity contribution in [3.63, 3.8) is 0 Å². The minimum atomic E-state index is -1.01. The molecule has 5 nitrogen and oxygen atoms in total. The fourth-order valence-electron chi connectivity index (χ4n) is 1.33. The fourth-order valence-corrected chi connectivity index (χ4v) is 1.33. The zero-order chi connectivity index (χ0) is 13.5. The smallest absolute Gasteiger partial charge is 0.332 e. The van der Waals surface area contributed by atoms with Gasteiger partial charge in [-0.15, -0.1) is 0 Å². The van der Waals surface area contributed by atoms with Crippen LogP contribution < -0.4 is 4.74 Å². The Balaban J connectivity index is 2.45. The summed E-state index contributed by atoms with van der Waals surface area (Å²) in [6.07, 6.45) is -0.864. The Kier molecular flexibility index (Phi) is 5.32. The second-order valence-electron chi connectivity index (χ2n) is 3.75. The number of ether oxygens (including phenoxy) is 2. The molecule has 0 amide bonds. The van der Waals surface area contributed by atoms with Crippen LogP contribution in [0.25, 0.3) is 0 Å². The third kappa shape index (κ3) is 4.18. The van der Waals surface area contributed by atoms with E-state index in [9.17, 15) is 9.59 Å². The molecule has 0 aliphatic heterocycles. The first-order valence-corrected chi connectivity index (χ1v) is 5.59. The van der Waals surface area contributed by atoms with Crippen molar-refractivity contribution in [3.8, 4) is 5.75 Å². The molecule has 1 aromatic rings. The predicted octanol–water partition coefficient (Wildman–Crippen LogP) is 1.76. The van der Waals surface area contributed by atoms with Crippen LogP contribution in [0.5, 0.6) is 5.75 Å². The molecule has 0 aliphatic rings. The normalized spacial score (nSPS) is 11.9. The van der Waals surface area contributed by atoms with Crippen LogP contribution in [0.2, 0.25) is 0 Å². The number of carbonyl (C=O) groups is 2. The molecule has 0 saturated carbocycles. The van der Waals surface area contributed by atoms with Gasteiger partial charge < -0.3 is 14.6 Å². The highest BCUT2D eigenvalue weighted by atomic mass is 16.5. The van der Waals surface area contributed by atoms with E-state index in [4.69, 9.17) is 14.6 Å². The second-order valence-corrected chi connectivity index (χ2v) is 3.75. The number of para-hydroxylation sites is 1. The van der Waals surface area contributed by atoms with E-state index >= 15 is 0 Å². The Labute approximate surface area is 105 Å². The Bertz CT molecular complexity index is 427. The minimum absolute atomic E-state index is 0.0783. The lowest BCUT2D eigenvalue weighted by Crippen LogP contribution is -2.22. The van der Waals surface area contributed by atoms with Gasteiger partial charge in [-0.05, 0) is 26.0 Å². The zero-order valence-corrected chi connectivity index (χ0v) is 10.4. The molecule has 98 valence electrons. The molecule has 0 fully saturated rings. The van der Waals surface area contributed by atoms with Crippen molar-refractivity contribution in [2.24, 2.45) is 0 Å². The van der Waals surface area contributed by atoms with Crippen molar-refractivity contribution in [1.29, 1.82) is 0 Å². The average Bonchev–Trinajstić information content (AvgIpc) is 2.34. The number of hydrogen-bond donors (Lipinski definition) is 1. The van der Waals surface area contributed by atoms with E-state index in [1.807, 2.05) is 0 Å². The maximum absolute atomic E-state index is 11.3. The van der Waals surface area contributed by atoms with E-state index in [1.165, 1.54) is 13.8 Å². The van der Waals surface area contributed by atoms with Gasteiger partial charge in [0.1, 0.15) is 12.4 Å². The highest BCUT2D eigenvalue weighted by molar-refractivity contribution is 5.96. The molecule has 0 bridgehead atoms. The maximum Gasteiger partial charge on any atom is 0.332 e. The number of rotatable bonds is 7. The van der Waals surface area contributed by atoms with Crippen LogP contribution in [0.4, 0.5) is 0 Å². The van der Waals surface area contributed by atoms with Gasteiger partial charge >= 0.3 is 5.97 Å². The third-order valence-electron chi connectivity index (χ3n) is 2.32. The molecule has 0 aromatic heterocycles. The van der Waals surface area contributed by atoms with Crippen molar-refractivity contribution in [3.05, 3.63) is 29.8 Å². The summed E-state index contributed by atoms with van der Waals surface area (Å²) in [5.41, 5.74) is 0.504. The number of carboxylic acid groups (broad SMARTS) is 1. The summed E-state index contributed by atoms with van der Waals surface area (Å²) in [5, 5.41) is 8.60. The summed E-state index contributed by atoms with van der Waals surface area (Å²) in [4.78, 5) is 21.8. The van der Waals surface area contributed by atoms with E-state index in [2.05, 4.69) is 0 Å². The molecule has 1 rings (SSSR count). The van der Waals surface area contributed by atoms with Gasteiger partial charge in [-0.3, -0.25) is 4.79 Å². The van der Waals surface area contributed by atoms with Crippen LogP contribution in [0.15, 0.2) is 24.3 Å². The van der Waals surface area contributed by atoms with Crippen LogP contribution in [-0.4, -0.2) is 36.2 Å². The first-order chi connectivity index (χ1) is 8.52. The van der Waals surface area contributed by atoms with Crippen LogP contribution in [0, 0.1) is 0 Å². The minimum Gasteiger partial charge on any atom is -0.490 e. The van der Waals surface area contributed by atoms with Crippen molar-refractivity contribution in [1.82, 2.24) is 0 Å². The topological polar surface area (TPSA) is 72.8 Å². The van der Waals surface area contributed by atoms with Crippen molar-refractivity contribution in [2.45, 2.75) is 20.0 Å². The summed E-state index contributed by atoms with van der Waals surface area (Å²) in [6, 6.07) is 6.89. The summed E-state index contributed by atoms with van der Waals surface area (Å²) < 4.78 is 10.4. The number of carboxylic acids is 1. The summed E-state index contributed by atoms with van der Waals surface area (Å²) in [7, 11) is 0. The number of carbonyl (C=O) groups excluding carboxylic acids is 1. The molecule has 5 heteroatoms. The number of aliphatic carboxylic acids is 1. The molecule has 0 aliphatic carbocycles. The van der Waals surface area contributed by atoms with Gasteiger partial charge in [0.2, 0.25) is 0 Å². The van der Waals surface area contributed by atoms with E-state index in [0.29, 0.717) is 11.3 Å². The fraction of sp³-hybridized carbons (Fsp3) is 0.385. The van der Waals surface area contributed by atoms with E-state index in [1.54, 1.807) is 24.3 Å². The third-order valence-corrected chi connectivity index (χ3v) is 2.32. The summed E-state index contributed by atoms with van der Waals surface area (Å²) in [5.74, 6) is -0.610. The summed E-state index contributed by atoms with van der Waals surface area (Å²) in [6.45, 7) is 3.26. The van der Waals surface area contributed by atoms with E-state index < -0.39 is 12.1 Å². The van der Waals surface area contributed by atoms with Crippen molar-refractivity contribution >= 4 is 11.8 Å². The number of hydrogen-bond acceptors (Lipinski definition) is 4. The molecule has 18 heavy (non-hydrogen) atoms. The number of benzene rings is 1. The van der Waals surface area contributed by atoms with Gasteiger partial charge in [0.25, 0.3) is 0 Å². The SMILES string of the molecule is CC(=O)c1ccccc1OCCO[C@H](C)C(=O)O. The molecular formula is C13H16O5. The Morgan fingerprint density at radius 1 is 1.28 bits per heavy atom. The van der Waals surface area contributed by atoms with Crippen LogP contribution in [0.1, 0.15) is 24.2 Å². The van der Waals surface area contributed by atoms with Gasteiger partial charge in [-0.25, -0.2) is 4.79 Å². The lowest BCUT2D eigenvalue weighted by Gasteiger charge is -2.11. The Morgan fingerprint density at radius 2 is 1.94 bits per heavy atom. The first-order valence-electron chi connectivity index (χ1n) is 5.59. The predicted molar refractivity (Wildman–Crippen MR) is 65.0 cm³/mol. The molecule has 1 atom stereocenters. The number of ketones is 1. The lowest BCUT2D eigenvalue weighted by molar-refractivity contribution is -0.149. The van der Waals surface area contributed by atoms with Crippen molar-refractivity contribution < 1.29 is 24.2 Å². The number of Topliss-reactive ketones (excluding diaryl/α,β-unsaturated/α-hetero) is 1. The van der Waals surface area contributed by atoms with Gasteiger partial charge in [0.15, 0.2) is 11.9 Å². The maximum atomic E-state index is 11.3. The van der Waals surface area contributed by atoms with Crippen molar-refractivity contribution in [2.75, 3.05) is 13.2 Å². The van der Waals surface area contributed by atoms with E-state index in [0.717, 1.165) is 0 Å². The highest BCUT2D eigenvalue weighted by Crippen LogP contribution is 2.18. The molecule has 0 saturated heterocycles. The Hall–Kier alpha value is -1.88. The standard InChI is InChI=1S/C13H16O5/c1-9(14)11-5-3-4-6-12(11)18-8-7-17-10(2)13(15)16/h3-6,10H,7-8H2,1-2H3,(H,15,16)/t10-/m1/s1. The second kappa shape index (κ2) is 6.76. The zero-order valence-electron chi connectivity index (χ0n) is 10.4. The molecule has 0 unspecified atom stereocenters. The first kappa shape index (κ1) is 14.2. The Morgan fingerprint density at radius 3 is 2.56 bits per heavy atom. The average molecular weight is 252 g/mol. The van der Waals surface area contributed by atoms with Crippen LogP contribution in [-0.2, 0) is 9.53 Å². The molecule has 0 radical (unpaired) electrons. The molecule has 1 N–H and O–H groups in total. The highest BCUT2D eigenvalue weighted by Gasteiger charge is 2.11. The van der Waals surface area contributed by atoms with Crippen LogP contribution >= 0.6 is 0 Å². The van der Waals surface area contributed by atoms with E-state index in [-0.39, 0.29) is 19.0 Å². The monoisotopic (exact) mass is 252 g/mol. The quantitative estimate of drug-likeness (QED) is 0.591. The van der Waals surface area contributed by atoms with Gasteiger partial charge in [0.05, 0.1) is 12.2 Å². The van der Waals surface area contributed by atoms with Crippen LogP contribution in [0.3, 0.4) is 0 Å². The molecule has 0 heterocycles. The lowest BCUT2D eigenvalue weighted by atomic mass is 10.1.